The largest absolute Gasteiger partial charge is 0.492 e. The molecule has 102 valence electrons. The van der Waals surface area contributed by atoms with Crippen LogP contribution in [0.15, 0.2) is 12.1 Å². The van der Waals surface area contributed by atoms with Crippen LogP contribution in [0.1, 0.15) is 23.6 Å². The van der Waals surface area contributed by atoms with E-state index in [4.69, 9.17) is 9.47 Å². The fourth-order valence-electron chi connectivity index (χ4n) is 1.79. The minimum Gasteiger partial charge on any atom is -0.492 e. The topological polar surface area (TPSA) is 30.5 Å². The van der Waals surface area contributed by atoms with Gasteiger partial charge >= 0.3 is 0 Å². The SMILES string of the molecule is CCOCCNCCOc1c(C)ccc(C)c1C. The van der Waals surface area contributed by atoms with Crippen molar-refractivity contribution in [2.45, 2.75) is 27.7 Å². The van der Waals surface area contributed by atoms with Gasteiger partial charge in [-0.3, -0.25) is 0 Å². The zero-order valence-corrected chi connectivity index (χ0v) is 12.0. The first-order valence-electron chi connectivity index (χ1n) is 6.65. The highest BCUT2D eigenvalue weighted by atomic mass is 16.5. The second kappa shape index (κ2) is 8.11. The Labute approximate surface area is 110 Å². The lowest BCUT2D eigenvalue weighted by Gasteiger charge is -2.14. The van der Waals surface area contributed by atoms with Crippen LogP contribution in [0.2, 0.25) is 0 Å². The first-order chi connectivity index (χ1) is 8.66. The van der Waals surface area contributed by atoms with Crippen LogP contribution in [0.25, 0.3) is 0 Å². The molecule has 0 aromatic heterocycles. The van der Waals surface area contributed by atoms with Crippen LogP contribution in [-0.2, 0) is 4.74 Å². The van der Waals surface area contributed by atoms with E-state index in [0.717, 1.165) is 32.1 Å². The summed E-state index contributed by atoms with van der Waals surface area (Å²) in [6.45, 7) is 12.3. The van der Waals surface area contributed by atoms with Crippen LogP contribution in [-0.4, -0.2) is 32.9 Å². The molecular weight excluding hydrogens is 226 g/mol. The Balaban J connectivity index is 2.29. The summed E-state index contributed by atoms with van der Waals surface area (Å²) in [6, 6.07) is 4.25. The van der Waals surface area contributed by atoms with Crippen LogP contribution >= 0.6 is 0 Å². The fourth-order valence-corrected chi connectivity index (χ4v) is 1.79. The van der Waals surface area contributed by atoms with Gasteiger partial charge < -0.3 is 14.8 Å². The van der Waals surface area contributed by atoms with Gasteiger partial charge in [0.2, 0.25) is 0 Å². The monoisotopic (exact) mass is 251 g/mol. The smallest absolute Gasteiger partial charge is 0.125 e. The lowest BCUT2D eigenvalue weighted by atomic mass is 10.1. The number of hydrogen-bond acceptors (Lipinski definition) is 3. The Bertz CT molecular complexity index is 364. The molecule has 0 unspecified atom stereocenters. The molecule has 0 spiro atoms. The Hall–Kier alpha value is -1.06. The van der Waals surface area contributed by atoms with Crippen LogP contribution in [0.3, 0.4) is 0 Å². The molecule has 3 nitrogen and oxygen atoms in total. The summed E-state index contributed by atoms with van der Waals surface area (Å²) in [5.41, 5.74) is 3.72. The van der Waals surface area contributed by atoms with Crippen molar-refractivity contribution < 1.29 is 9.47 Å². The summed E-state index contributed by atoms with van der Waals surface area (Å²) < 4.78 is 11.1. The molecule has 0 amide bonds. The molecule has 0 aliphatic carbocycles. The van der Waals surface area contributed by atoms with Gasteiger partial charge in [0.1, 0.15) is 12.4 Å². The molecular formula is C15H25NO2. The van der Waals surface area contributed by atoms with Gasteiger partial charge in [-0.2, -0.15) is 0 Å². The van der Waals surface area contributed by atoms with Crippen LogP contribution in [0, 0.1) is 20.8 Å². The number of ether oxygens (including phenoxy) is 2. The van der Waals surface area contributed by atoms with Gasteiger partial charge in [-0.15, -0.1) is 0 Å². The van der Waals surface area contributed by atoms with E-state index >= 15 is 0 Å². The normalized spacial score (nSPS) is 10.7. The lowest BCUT2D eigenvalue weighted by molar-refractivity contribution is 0.148. The molecule has 1 rings (SSSR count). The number of aryl methyl sites for hydroxylation is 2. The van der Waals surface area contributed by atoms with Gasteiger partial charge in [-0.25, -0.2) is 0 Å². The molecule has 1 aromatic rings. The van der Waals surface area contributed by atoms with Gasteiger partial charge in [0.15, 0.2) is 0 Å². The van der Waals surface area contributed by atoms with Crippen LogP contribution < -0.4 is 10.1 Å². The fraction of sp³-hybridized carbons (Fsp3) is 0.600. The summed E-state index contributed by atoms with van der Waals surface area (Å²) in [5.74, 6) is 1.03. The summed E-state index contributed by atoms with van der Waals surface area (Å²) >= 11 is 0. The molecule has 0 radical (unpaired) electrons. The summed E-state index contributed by atoms with van der Waals surface area (Å²) in [4.78, 5) is 0. The molecule has 1 N–H and O–H groups in total. The highest BCUT2D eigenvalue weighted by Crippen LogP contribution is 2.25. The van der Waals surface area contributed by atoms with E-state index in [1.54, 1.807) is 0 Å². The molecule has 0 saturated carbocycles. The number of hydrogen-bond donors (Lipinski definition) is 1. The highest BCUT2D eigenvalue weighted by molar-refractivity contribution is 5.44. The molecule has 1 aromatic carbocycles. The van der Waals surface area contributed by atoms with Crippen molar-refractivity contribution in [2.24, 2.45) is 0 Å². The van der Waals surface area contributed by atoms with Gasteiger partial charge in [-0.05, 0) is 44.4 Å². The third-order valence-corrected chi connectivity index (χ3v) is 3.03. The molecule has 18 heavy (non-hydrogen) atoms. The predicted molar refractivity (Wildman–Crippen MR) is 75.5 cm³/mol. The van der Waals surface area contributed by atoms with E-state index in [0.29, 0.717) is 6.61 Å². The van der Waals surface area contributed by atoms with Crippen molar-refractivity contribution in [2.75, 3.05) is 32.9 Å². The standard InChI is InChI=1S/C15H25NO2/c1-5-17-10-8-16-9-11-18-15-13(3)7-6-12(2)14(15)4/h6-7,16H,5,8-11H2,1-4H3. The third kappa shape index (κ3) is 4.67. The Kier molecular flexibility index (Phi) is 6.76. The average Bonchev–Trinajstić information content (AvgIpc) is 2.36. The van der Waals surface area contributed by atoms with Crippen molar-refractivity contribution in [3.05, 3.63) is 28.8 Å². The zero-order valence-electron chi connectivity index (χ0n) is 12.0. The quantitative estimate of drug-likeness (QED) is 0.720. The minimum atomic E-state index is 0.692. The van der Waals surface area contributed by atoms with Crippen molar-refractivity contribution in [1.82, 2.24) is 5.32 Å². The molecule has 0 aliphatic heterocycles. The first kappa shape index (κ1) is 15.0. The van der Waals surface area contributed by atoms with E-state index in [-0.39, 0.29) is 0 Å². The zero-order chi connectivity index (χ0) is 13.4. The van der Waals surface area contributed by atoms with Crippen molar-refractivity contribution >= 4 is 0 Å². The molecule has 0 atom stereocenters. The Morgan fingerprint density at radius 3 is 2.39 bits per heavy atom. The van der Waals surface area contributed by atoms with Gasteiger partial charge in [0.05, 0.1) is 6.61 Å². The maximum absolute atomic E-state index is 5.85. The minimum absolute atomic E-state index is 0.692. The lowest BCUT2D eigenvalue weighted by Crippen LogP contribution is -2.25. The molecule has 0 bridgehead atoms. The maximum atomic E-state index is 5.85. The number of nitrogens with one attached hydrogen (secondary N) is 1. The number of rotatable bonds is 8. The van der Waals surface area contributed by atoms with E-state index in [1.807, 2.05) is 6.92 Å². The van der Waals surface area contributed by atoms with Crippen LogP contribution in [0.5, 0.6) is 5.75 Å². The van der Waals surface area contributed by atoms with Crippen molar-refractivity contribution in [3.63, 3.8) is 0 Å². The molecule has 3 heteroatoms. The van der Waals surface area contributed by atoms with E-state index < -0.39 is 0 Å². The number of benzene rings is 1. The molecule has 0 fully saturated rings. The summed E-state index contributed by atoms with van der Waals surface area (Å²) in [6.07, 6.45) is 0. The molecule has 0 heterocycles. The van der Waals surface area contributed by atoms with Crippen molar-refractivity contribution in [1.29, 1.82) is 0 Å². The van der Waals surface area contributed by atoms with E-state index in [9.17, 15) is 0 Å². The van der Waals surface area contributed by atoms with Gasteiger partial charge in [0.25, 0.3) is 0 Å². The second-order valence-electron chi connectivity index (χ2n) is 4.45. The van der Waals surface area contributed by atoms with Crippen molar-refractivity contribution in [3.8, 4) is 5.75 Å². The molecule has 0 aliphatic rings. The van der Waals surface area contributed by atoms with E-state index in [2.05, 4.69) is 38.2 Å². The van der Waals surface area contributed by atoms with Gasteiger partial charge in [0, 0.05) is 19.7 Å². The highest BCUT2D eigenvalue weighted by Gasteiger charge is 2.05. The average molecular weight is 251 g/mol. The Morgan fingerprint density at radius 1 is 1.00 bits per heavy atom. The first-order valence-corrected chi connectivity index (χ1v) is 6.65. The second-order valence-corrected chi connectivity index (χ2v) is 4.45. The summed E-state index contributed by atoms with van der Waals surface area (Å²) in [7, 11) is 0. The van der Waals surface area contributed by atoms with Crippen LogP contribution in [0.4, 0.5) is 0 Å². The molecule has 0 saturated heterocycles. The maximum Gasteiger partial charge on any atom is 0.125 e. The summed E-state index contributed by atoms with van der Waals surface area (Å²) in [5, 5.41) is 3.29. The third-order valence-electron chi connectivity index (χ3n) is 3.03. The van der Waals surface area contributed by atoms with Gasteiger partial charge in [-0.1, -0.05) is 12.1 Å². The predicted octanol–water partition coefficient (Wildman–Crippen LogP) is 2.62. The Morgan fingerprint density at radius 2 is 1.67 bits per heavy atom. The van der Waals surface area contributed by atoms with E-state index in [1.165, 1.54) is 16.7 Å².